The van der Waals surface area contributed by atoms with Gasteiger partial charge in [0.1, 0.15) is 11.9 Å². The number of halogens is 1. The predicted octanol–water partition coefficient (Wildman–Crippen LogP) is 3.27. The van der Waals surface area contributed by atoms with Crippen molar-refractivity contribution in [1.29, 1.82) is 0 Å². The molecule has 156 valence electrons. The van der Waals surface area contributed by atoms with Crippen LogP contribution < -0.4 is 9.62 Å². The Bertz CT molecular complexity index is 1160. The largest absolute Gasteiger partial charge is 0.336 e. The molecule has 1 N–H and O–H groups in total. The number of aromatic nitrogens is 2. The maximum Gasteiger partial charge on any atom is 0.241 e. The van der Waals surface area contributed by atoms with Gasteiger partial charge in [0.15, 0.2) is 0 Å². The summed E-state index contributed by atoms with van der Waals surface area (Å²) in [5.41, 5.74) is 1.42. The normalized spacial score (nSPS) is 15.5. The molecule has 0 unspecified atom stereocenters. The van der Waals surface area contributed by atoms with Gasteiger partial charge in [-0.2, -0.15) is 4.72 Å². The summed E-state index contributed by atoms with van der Waals surface area (Å²) < 4.78 is 30.8. The van der Waals surface area contributed by atoms with Crippen LogP contribution in [0.25, 0.3) is 0 Å². The van der Waals surface area contributed by atoms with Crippen LogP contribution in [0.4, 0.5) is 5.69 Å². The summed E-state index contributed by atoms with van der Waals surface area (Å²) in [5.74, 6) is 0.612. The Kier molecular flexibility index (Phi) is 5.64. The van der Waals surface area contributed by atoms with E-state index in [9.17, 15) is 13.2 Å². The minimum absolute atomic E-state index is 0.0568. The molecule has 30 heavy (non-hydrogen) atoms. The molecule has 1 aliphatic rings. The Morgan fingerprint density at radius 2 is 1.80 bits per heavy atom. The molecule has 7 nitrogen and oxygen atoms in total. The van der Waals surface area contributed by atoms with Gasteiger partial charge in [0.25, 0.3) is 0 Å². The number of hydrogen-bond acceptors (Lipinski definition) is 4. The van der Waals surface area contributed by atoms with Crippen LogP contribution in [0.3, 0.4) is 0 Å². The number of carbonyl (C=O) groups is 1. The zero-order chi connectivity index (χ0) is 21.3. The van der Waals surface area contributed by atoms with E-state index in [0.29, 0.717) is 29.5 Å². The van der Waals surface area contributed by atoms with Crippen LogP contribution in [0.5, 0.6) is 0 Å². The monoisotopic (exact) mass is 444 g/mol. The van der Waals surface area contributed by atoms with E-state index in [1.165, 1.54) is 12.1 Å². The van der Waals surface area contributed by atoms with Gasteiger partial charge in [-0.05, 0) is 48.4 Å². The number of aryl methyl sites for hydroxylation is 1. The Hall–Kier alpha value is -2.68. The van der Waals surface area contributed by atoms with Crippen molar-refractivity contribution < 1.29 is 13.2 Å². The Morgan fingerprint density at radius 3 is 2.37 bits per heavy atom. The van der Waals surface area contributed by atoms with Gasteiger partial charge >= 0.3 is 0 Å². The maximum absolute atomic E-state index is 13.1. The van der Waals surface area contributed by atoms with Crippen molar-refractivity contribution in [2.75, 3.05) is 11.4 Å². The zero-order valence-electron chi connectivity index (χ0n) is 16.3. The maximum atomic E-state index is 13.1. The van der Waals surface area contributed by atoms with Gasteiger partial charge in [0, 0.05) is 43.1 Å². The lowest BCUT2D eigenvalue weighted by molar-refractivity contribution is -0.117. The fraction of sp³-hybridized carbons (Fsp3) is 0.238. The molecule has 2 heterocycles. The van der Waals surface area contributed by atoms with Crippen LogP contribution in [0.15, 0.2) is 65.8 Å². The number of amides is 1. The van der Waals surface area contributed by atoms with E-state index in [-0.39, 0.29) is 10.8 Å². The average molecular weight is 445 g/mol. The molecule has 1 amide bonds. The van der Waals surface area contributed by atoms with Crippen molar-refractivity contribution in [3.63, 3.8) is 0 Å². The van der Waals surface area contributed by atoms with Gasteiger partial charge in [-0.25, -0.2) is 13.4 Å². The minimum atomic E-state index is -3.85. The van der Waals surface area contributed by atoms with Crippen molar-refractivity contribution >= 4 is 33.2 Å². The van der Waals surface area contributed by atoms with Crippen molar-refractivity contribution in [2.45, 2.75) is 23.8 Å². The van der Waals surface area contributed by atoms with E-state index in [2.05, 4.69) is 9.71 Å². The molecule has 0 radical (unpaired) electrons. The number of sulfonamides is 1. The van der Waals surface area contributed by atoms with Crippen LogP contribution in [0.1, 0.15) is 30.3 Å². The van der Waals surface area contributed by atoms with Crippen molar-refractivity contribution in [1.82, 2.24) is 14.3 Å². The highest BCUT2D eigenvalue weighted by molar-refractivity contribution is 7.89. The molecule has 9 heteroatoms. The summed E-state index contributed by atoms with van der Waals surface area (Å²) in [6, 6.07) is 12.6. The van der Waals surface area contributed by atoms with E-state index in [4.69, 9.17) is 11.6 Å². The average Bonchev–Trinajstić information content (AvgIpc) is 3.35. The molecule has 3 aromatic rings. The van der Waals surface area contributed by atoms with Crippen molar-refractivity contribution in [3.8, 4) is 0 Å². The second-order valence-electron chi connectivity index (χ2n) is 7.15. The first-order chi connectivity index (χ1) is 14.3. The number of nitrogens with zero attached hydrogens (tertiary/aromatic N) is 3. The Balaban J connectivity index is 1.64. The highest BCUT2D eigenvalue weighted by Crippen LogP contribution is 2.27. The second-order valence-corrected chi connectivity index (χ2v) is 9.30. The van der Waals surface area contributed by atoms with Gasteiger partial charge in [-0.15, -0.1) is 0 Å². The molecule has 0 saturated carbocycles. The quantitative estimate of drug-likeness (QED) is 0.632. The van der Waals surface area contributed by atoms with Crippen LogP contribution in [-0.4, -0.2) is 30.4 Å². The van der Waals surface area contributed by atoms with E-state index in [1.54, 1.807) is 65.3 Å². The highest BCUT2D eigenvalue weighted by atomic mass is 35.5. The number of anilines is 1. The third kappa shape index (κ3) is 4.12. The van der Waals surface area contributed by atoms with Crippen molar-refractivity contribution in [2.24, 2.45) is 7.05 Å². The molecule has 4 rings (SSSR count). The summed E-state index contributed by atoms with van der Waals surface area (Å²) in [5, 5.41) is 0.562. The Labute approximate surface area is 180 Å². The van der Waals surface area contributed by atoms with E-state index in [0.717, 1.165) is 12.0 Å². The molecule has 1 fully saturated rings. The zero-order valence-corrected chi connectivity index (χ0v) is 17.9. The summed E-state index contributed by atoms with van der Waals surface area (Å²) in [4.78, 5) is 18.0. The molecule has 1 aliphatic heterocycles. The number of carbonyl (C=O) groups excluding carboxylic acids is 1. The second kappa shape index (κ2) is 8.22. The molecule has 1 saturated heterocycles. The van der Waals surface area contributed by atoms with Gasteiger partial charge in [-0.3, -0.25) is 4.79 Å². The summed E-state index contributed by atoms with van der Waals surface area (Å²) in [6.45, 7) is 0.654. The van der Waals surface area contributed by atoms with Gasteiger partial charge in [-0.1, -0.05) is 23.7 Å². The summed E-state index contributed by atoms with van der Waals surface area (Å²) in [6.07, 6.45) is 4.71. The van der Waals surface area contributed by atoms with Crippen LogP contribution in [0.2, 0.25) is 5.02 Å². The number of rotatable bonds is 6. The van der Waals surface area contributed by atoms with Crippen molar-refractivity contribution in [3.05, 3.63) is 77.3 Å². The third-order valence-electron chi connectivity index (χ3n) is 5.13. The molecular weight excluding hydrogens is 424 g/mol. The summed E-state index contributed by atoms with van der Waals surface area (Å²) in [7, 11) is -2.05. The molecule has 2 aromatic carbocycles. The molecule has 0 aliphatic carbocycles. The number of hydrogen-bond donors (Lipinski definition) is 1. The minimum Gasteiger partial charge on any atom is -0.336 e. The van der Waals surface area contributed by atoms with E-state index < -0.39 is 16.1 Å². The molecule has 0 bridgehead atoms. The Morgan fingerprint density at radius 1 is 1.10 bits per heavy atom. The number of imidazole rings is 1. The van der Waals surface area contributed by atoms with Gasteiger partial charge in [0.05, 0.1) is 4.90 Å². The number of nitrogens with one attached hydrogen (secondary N) is 1. The first kappa shape index (κ1) is 20.6. The van der Waals surface area contributed by atoms with Gasteiger partial charge in [0.2, 0.25) is 15.9 Å². The van der Waals surface area contributed by atoms with Crippen LogP contribution >= 0.6 is 11.6 Å². The molecular formula is C21H21ClN4O3S. The summed E-state index contributed by atoms with van der Waals surface area (Å²) >= 11 is 5.99. The molecule has 1 atom stereocenters. The van der Waals surface area contributed by atoms with Crippen LogP contribution in [0, 0.1) is 0 Å². The lowest BCUT2D eigenvalue weighted by Gasteiger charge is -2.20. The number of benzene rings is 2. The van der Waals surface area contributed by atoms with Crippen LogP contribution in [-0.2, 0) is 21.9 Å². The topological polar surface area (TPSA) is 84.3 Å². The van der Waals surface area contributed by atoms with E-state index in [1.807, 2.05) is 0 Å². The highest BCUT2D eigenvalue weighted by Gasteiger charge is 2.27. The first-order valence-corrected chi connectivity index (χ1v) is 11.4. The predicted molar refractivity (Wildman–Crippen MR) is 115 cm³/mol. The SMILES string of the molecule is Cn1ccnc1[C@@H](NS(=O)(=O)c1ccc(N2CCCC2=O)cc1)c1ccc(Cl)cc1. The van der Waals surface area contributed by atoms with Gasteiger partial charge < -0.3 is 9.47 Å². The molecule has 0 spiro atoms. The standard InChI is InChI=1S/C21H21ClN4O3S/c1-25-14-12-23-21(25)20(15-4-6-16(22)7-5-15)24-30(28,29)18-10-8-17(9-11-18)26-13-2-3-19(26)27/h4-12,14,20,24H,2-3,13H2,1H3/t20-/m0/s1. The lowest BCUT2D eigenvalue weighted by atomic mass is 10.1. The fourth-order valence-corrected chi connectivity index (χ4v) is 4.84. The smallest absolute Gasteiger partial charge is 0.241 e. The first-order valence-electron chi connectivity index (χ1n) is 9.50. The van der Waals surface area contributed by atoms with E-state index >= 15 is 0 Å². The molecule has 1 aromatic heterocycles. The third-order valence-corrected chi connectivity index (χ3v) is 6.82. The fourth-order valence-electron chi connectivity index (χ4n) is 3.53. The lowest BCUT2D eigenvalue weighted by Crippen LogP contribution is -2.31.